The van der Waals surface area contributed by atoms with E-state index in [-0.39, 0.29) is 0 Å². The normalized spacial score (nSPS) is 18.2. The Kier molecular flexibility index (Phi) is 31.7. The molecule has 0 aliphatic carbocycles. The van der Waals surface area contributed by atoms with Crippen LogP contribution in [0.5, 0.6) is 0 Å². The van der Waals surface area contributed by atoms with Crippen LogP contribution in [-0.4, -0.2) is 256 Å². The molecule has 0 fully saturated rings. The fraction of sp³-hybridized carbons (Fsp3) is 1.00. The predicted octanol–water partition coefficient (Wildman–Crippen LogP) is 26.6. The van der Waals surface area contributed by atoms with Crippen LogP contribution >= 0.6 is 23.0 Å². The van der Waals surface area contributed by atoms with E-state index < -0.39 is 279 Å². The Morgan fingerprint density at radius 1 is 0.135 bits per heavy atom. The van der Waals surface area contributed by atoms with Crippen molar-refractivity contribution in [2.75, 3.05) is 39.6 Å². The monoisotopic (exact) mass is 2120 g/mol. The second-order valence-electron chi connectivity index (χ2n) is 23.5. The van der Waals surface area contributed by atoms with Gasteiger partial charge in [0.05, 0.1) is 0 Å². The highest BCUT2D eigenvalue weighted by Gasteiger charge is 2.95. The van der Waals surface area contributed by atoms with Crippen LogP contribution in [0.4, 0.5) is 316 Å². The van der Waals surface area contributed by atoms with Crippen LogP contribution in [0, 0.1) is 0 Å². The molecule has 0 saturated carbocycles. The molecule has 9 nitrogen and oxygen atoms in total. The van der Waals surface area contributed by atoms with Gasteiger partial charge in [0.2, 0.25) is 0 Å². The average Bonchev–Trinajstić information content (AvgIpc) is 0.634. The zero-order chi connectivity index (χ0) is 103. The van der Waals surface area contributed by atoms with Crippen molar-refractivity contribution < 1.29 is 343 Å². The molecule has 0 spiro atoms. The van der Waals surface area contributed by atoms with Crippen molar-refractivity contribution in [3.05, 3.63) is 0 Å². The number of nitrogens with zero attached hydrogens (tertiary/aromatic N) is 3. The maximum absolute atomic E-state index is 15.7. The number of halogens is 72. The van der Waals surface area contributed by atoms with E-state index in [1.54, 1.807) is 0 Å². The summed E-state index contributed by atoms with van der Waals surface area (Å²) >= 11 is 0. The van der Waals surface area contributed by atoms with Crippen LogP contribution < -0.4 is 0 Å². The Hall–Kier alpha value is -4.59. The lowest BCUT2D eigenvalue weighted by Crippen LogP contribution is -2.69. The summed E-state index contributed by atoms with van der Waals surface area (Å²) in [4.78, 5) is 0. The van der Waals surface area contributed by atoms with E-state index in [1.807, 2.05) is 0 Å². The first-order chi connectivity index (χ1) is 54.0. The van der Waals surface area contributed by atoms with Crippen LogP contribution in [0.3, 0.4) is 0 Å². The minimum Gasteiger partial charge on any atom is -0.300 e. The highest BCUT2D eigenvalue weighted by Crippen LogP contribution is 2.83. The SMILES string of the molecule is FC(F)C(F)(F)C(F)(F)C(F)(F)C(F)(F)C(F)(F)COP1(OCC(F)(F)C(F)(F)C(F)(F)C(F)(F)C(F)(F)C(F)F)=NP(OCC(F)(F)C(F)(F)C(F)(F)C(F)(F)C(F)(F)C(F)F)(OCC(F)(F)C(F)(F)C(F)(F)C(F)(F)C(F)(F)C(F)F)=NP(OCC(F)(F)C(F)(F)C(F)(F)C(F)(F)C(F)(F)C(F)F)(OCC(F)(F)C(F)(F)C(F)(F)C(F)(F)C(F)(F)C(F)F)=N1. The van der Waals surface area contributed by atoms with Gasteiger partial charge < -0.3 is 0 Å². The van der Waals surface area contributed by atoms with Crippen molar-refractivity contribution in [3.63, 3.8) is 0 Å². The summed E-state index contributed by atoms with van der Waals surface area (Å²) in [7, 11) is -32.7. The lowest BCUT2D eigenvalue weighted by atomic mass is 9.95. The fourth-order valence-corrected chi connectivity index (χ4v) is 16.6. The molecular formula is C42H18F72N3O6P3. The molecule has 0 amide bonds. The van der Waals surface area contributed by atoms with Gasteiger partial charge in [-0.1, -0.05) is 0 Å². The molecule has 0 unspecified atom stereocenters. The van der Waals surface area contributed by atoms with Gasteiger partial charge in [0.1, 0.15) is 39.6 Å². The molecule has 126 heavy (non-hydrogen) atoms. The molecule has 0 N–H and O–H groups in total. The third-order valence-corrected chi connectivity index (χ3v) is 23.0. The van der Waals surface area contributed by atoms with Crippen molar-refractivity contribution in [1.29, 1.82) is 0 Å². The van der Waals surface area contributed by atoms with Gasteiger partial charge in [-0.25, -0.2) is 52.7 Å². The van der Waals surface area contributed by atoms with Crippen LogP contribution in [0.1, 0.15) is 0 Å². The Morgan fingerprint density at radius 3 is 0.286 bits per heavy atom. The van der Waals surface area contributed by atoms with Crippen molar-refractivity contribution >= 4 is 23.0 Å². The molecular weight excluding hydrogens is 2100 g/mol. The van der Waals surface area contributed by atoms with Crippen LogP contribution in [0.25, 0.3) is 0 Å². The summed E-state index contributed by atoms with van der Waals surface area (Å²) in [5, 5.41) is 0. The maximum atomic E-state index is 15.7. The second kappa shape index (κ2) is 33.5. The molecule has 0 saturated heterocycles. The summed E-state index contributed by atoms with van der Waals surface area (Å²) in [6.07, 6.45) is -42.1. The molecule has 1 heterocycles. The number of rotatable bonds is 48. The smallest absolute Gasteiger partial charge is 0.300 e. The fourth-order valence-electron chi connectivity index (χ4n) is 7.08. The Balaban J connectivity index is 6.42. The molecule has 0 aromatic carbocycles. The predicted molar refractivity (Wildman–Crippen MR) is 248 cm³/mol. The molecule has 0 atom stereocenters. The van der Waals surface area contributed by atoms with E-state index in [4.69, 9.17) is 0 Å². The Labute approximate surface area is 636 Å². The summed E-state index contributed by atoms with van der Waals surface area (Å²) in [5.74, 6) is -284. The van der Waals surface area contributed by atoms with Gasteiger partial charge in [-0.05, 0) is 0 Å². The minimum atomic E-state index is -10.9. The molecule has 0 radical (unpaired) electrons. The lowest BCUT2D eigenvalue weighted by Gasteiger charge is -2.42. The van der Waals surface area contributed by atoms with E-state index in [2.05, 4.69) is 27.1 Å². The van der Waals surface area contributed by atoms with Gasteiger partial charge in [0, 0.05) is 0 Å². The minimum absolute atomic E-state index is 0.608. The van der Waals surface area contributed by atoms with Crippen molar-refractivity contribution in [2.45, 2.75) is 216 Å². The molecule has 1 rings (SSSR count). The van der Waals surface area contributed by atoms with E-state index >= 15 is 105 Å². The summed E-state index contributed by atoms with van der Waals surface area (Å²) in [6, 6.07) is 0. The molecule has 84 heteroatoms. The largest absolute Gasteiger partial charge is 0.384 e. The van der Waals surface area contributed by atoms with E-state index in [0.717, 1.165) is 0 Å². The first-order valence-electron chi connectivity index (χ1n) is 27.8. The quantitative estimate of drug-likeness (QED) is 0.0445. The third-order valence-electron chi connectivity index (χ3n) is 14.8. The standard InChI is InChI=1S/C42H18F72N3O6P3/c43-7(44)19(67,68)31(91,92)37(103,104)25(79,80)13(55,56)1-118-124(119-2-14(57,58)26(81,82)38(105,106)32(93,94)20(69,70)8(45)46)115-125(120-3-15(59,60)27(83,84)39(107,108)33(95,96)21(71,72)9(47)48,121-4-16(61,62)28(85,86)40(109,110)34(97,98)22(73,74)10(49)50)117-126(116-124,122-5-17(63,64)29(87,88)41(111,112)35(99,100)23(75,76)11(51)52)123-6-18(65,66)30(89,90)42(113,114)36(101,102)24(77,78)12(53)54/h7-12H,1-6H2. The zero-order valence-electron chi connectivity index (χ0n) is 55.1. The molecule has 0 bridgehead atoms. The number of alkyl halides is 72. The first-order valence-corrected chi connectivity index (χ1v) is 32.4. The van der Waals surface area contributed by atoms with Gasteiger partial charge in [0.15, 0.2) is 0 Å². The molecule has 1 aliphatic rings. The van der Waals surface area contributed by atoms with Crippen LogP contribution in [0.2, 0.25) is 0 Å². The number of hydrogen-bond donors (Lipinski definition) is 0. The van der Waals surface area contributed by atoms with Gasteiger partial charge in [-0.2, -0.15) is 263 Å². The van der Waals surface area contributed by atoms with Crippen molar-refractivity contribution in [3.8, 4) is 0 Å². The zero-order valence-corrected chi connectivity index (χ0v) is 57.7. The second-order valence-corrected chi connectivity index (χ2v) is 30.1. The van der Waals surface area contributed by atoms with Gasteiger partial charge in [0.25, 0.3) is 0 Å². The van der Waals surface area contributed by atoms with Crippen molar-refractivity contribution in [1.82, 2.24) is 0 Å². The highest BCUT2D eigenvalue weighted by molar-refractivity contribution is 7.78. The molecule has 756 valence electrons. The number of hydrogen-bond acceptors (Lipinski definition) is 9. The summed E-state index contributed by atoms with van der Waals surface area (Å²) < 4.78 is 1060. The maximum Gasteiger partial charge on any atom is 0.384 e. The Morgan fingerprint density at radius 2 is 0.214 bits per heavy atom. The van der Waals surface area contributed by atoms with E-state index in [0.29, 0.717) is 13.5 Å². The molecule has 0 aromatic heterocycles. The lowest BCUT2D eigenvalue weighted by molar-refractivity contribution is -0.415. The van der Waals surface area contributed by atoms with Crippen LogP contribution in [-0.2, 0) is 27.1 Å². The topological polar surface area (TPSA) is 92.5 Å². The van der Waals surface area contributed by atoms with Gasteiger partial charge in [-0.15, -0.1) is 13.5 Å². The van der Waals surface area contributed by atoms with Gasteiger partial charge >= 0.3 is 239 Å². The first kappa shape index (κ1) is 119. The van der Waals surface area contributed by atoms with Crippen molar-refractivity contribution in [2.24, 2.45) is 13.5 Å². The van der Waals surface area contributed by atoms with Crippen LogP contribution in [0.15, 0.2) is 13.5 Å². The highest BCUT2D eigenvalue weighted by atomic mass is 31.3. The summed E-state index contributed by atoms with van der Waals surface area (Å²) in [6.45, 7) is -38.0. The third kappa shape index (κ3) is 17.7. The van der Waals surface area contributed by atoms with Gasteiger partial charge in [-0.3, -0.25) is 27.1 Å². The van der Waals surface area contributed by atoms with E-state index in [1.165, 1.54) is 0 Å². The summed E-state index contributed by atoms with van der Waals surface area (Å²) in [5.41, 5.74) is 0. The Bertz CT molecular complexity index is 3300. The molecule has 0 aromatic rings. The molecule has 1 aliphatic heterocycles. The average molecular weight is 2120 g/mol. The van der Waals surface area contributed by atoms with E-state index in [9.17, 15) is 211 Å².